The Morgan fingerprint density at radius 3 is 2.66 bits per heavy atom. The van der Waals surface area contributed by atoms with Gasteiger partial charge in [0, 0.05) is 13.1 Å². The lowest BCUT2D eigenvalue weighted by molar-refractivity contribution is -0.129. The molecule has 1 aliphatic heterocycles. The zero-order chi connectivity index (χ0) is 20.5. The van der Waals surface area contributed by atoms with E-state index in [1.54, 1.807) is 24.3 Å². The summed E-state index contributed by atoms with van der Waals surface area (Å²) >= 11 is 7.17. The van der Waals surface area contributed by atoms with Gasteiger partial charge in [-0.2, -0.15) is 0 Å². The number of carbonyl (C=O) groups is 1. The maximum absolute atomic E-state index is 13.7. The molecule has 1 aromatic heterocycles. The molecule has 2 aromatic carbocycles. The molecule has 0 bridgehead atoms. The van der Waals surface area contributed by atoms with Crippen molar-refractivity contribution in [2.24, 2.45) is 0 Å². The predicted molar refractivity (Wildman–Crippen MR) is 113 cm³/mol. The van der Waals surface area contributed by atoms with E-state index in [-0.39, 0.29) is 16.5 Å². The van der Waals surface area contributed by atoms with Crippen molar-refractivity contribution in [2.45, 2.75) is 30.2 Å². The standard InChI is InChI=1S/C21H19ClFN3O2S/c1-13(19(27)25-10-4-5-11-25)29-21-24-18-7-3-2-6-15(18)20(28)26(21)14-8-9-17(23)16(22)12-14/h2-3,6-9,12-13H,4-5,10-11H2,1H3. The zero-order valence-electron chi connectivity index (χ0n) is 15.8. The summed E-state index contributed by atoms with van der Waals surface area (Å²) < 4.78 is 15.1. The fourth-order valence-electron chi connectivity index (χ4n) is 3.45. The van der Waals surface area contributed by atoms with Gasteiger partial charge < -0.3 is 4.90 Å². The number of halogens is 2. The highest BCUT2D eigenvalue weighted by Crippen LogP contribution is 2.28. The van der Waals surface area contributed by atoms with Crippen LogP contribution in [0.15, 0.2) is 52.4 Å². The number of para-hydroxylation sites is 1. The number of hydrogen-bond donors (Lipinski definition) is 0. The van der Waals surface area contributed by atoms with Crippen molar-refractivity contribution in [1.82, 2.24) is 14.5 Å². The van der Waals surface area contributed by atoms with Crippen molar-refractivity contribution >= 4 is 40.2 Å². The van der Waals surface area contributed by atoms with Gasteiger partial charge in [-0.25, -0.2) is 9.37 Å². The van der Waals surface area contributed by atoms with Crippen molar-refractivity contribution in [3.05, 3.63) is 63.7 Å². The Kier molecular flexibility index (Phi) is 5.61. The Balaban J connectivity index is 1.82. The first-order valence-corrected chi connectivity index (χ1v) is 10.6. The smallest absolute Gasteiger partial charge is 0.266 e. The number of hydrogen-bond acceptors (Lipinski definition) is 4. The topological polar surface area (TPSA) is 55.2 Å². The number of nitrogens with zero attached hydrogens (tertiary/aromatic N) is 3. The summed E-state index contributed by atoms with van der Waals surface area (Å²) in [6, 6.07) is 11.1. The van der Waals surface area contributed by atoms with Gasteiger partial charge in [-0.15, -0.1) is 0 Å². The minimum atomic E-state index is -0.566. The SMILES string of the molecule is CC(Sc1nc2ccccc2c(=O)n1-c1ccc(F)c(Cl)c1)C(=O)N1CCCC1. The molecule has 8 heteroatoms. The van der Waals surface area contributed by atoms with Gasteiger partial charge in [0.15, 0.2) is 5.16 Å². The largest absolute Gasteiger partial charge is 0.342 e. The molecule has 2 heterocycles. The molecule has 0 saturated carbocycles. The van der Waals surface area contributed by atoms with E-state index in [0.29, 0.717) is 21.7 Å². The fourth-order valence-corrected chi connectivity index (χ4v) is 4.63. The number of rotatable bonds is 4. The van der Waals surface area contributed by atoms with Gasteiger partial charge in [-0.1, -0.05) is 35.5 Å². The third-order valence-corrected chi connectivity index (χ3v) is 6.28. The van der Waals surface area contributed by atoms with E-state index in [0.717, 1.165) is 25.9 Å². The van der Waals surface area contributed by atoms with Crippen LogP contribution in [0.3, 0.4) is 0 Å². The quantitative estimate of drug-likeness (QED) is 0.457. The molecular formula is C21H19ClFN3O2S. The van der Waals surface area contributed by atoms with E-state index < -0.39 is 11.1 Å². The summed E-state index contributed by atoms with van der Waals surface area (Å²) in [4.78, 5) is 32.5. The molecular weight excluding hydrogens is 413 g/mol. The van der Waals surface area contributed by atoms with Crippen LogP contribution in [0.1, 0.15) is 19.8 Å². The van der Waals surface area contributed by atoms with Crippen molar-refractivity contribution in [2.75, 3.05) is 13.1 Å². The minimum Gasteiger partial charge on any atom is -0.342 e. The number of likely N-dealkylation sites (tertiary alicyclic amines) is 1. The number of fused-ring (bicyclic) bond motifs is 1. The van der Waals surface area contributed by atoms with Crippen molar-refractivity contribution < 1.29 is 9.18 Å². The second-order valence-corrected chi connectivity index (χ2v) is 8.66. The summed E-state index contributed by atoms with van der Waals surface area (Å²) in [5.74, 6) is -0.539. The van der Waals surface area contributed by atoms with Gasteiger partial charge >= 0.3 is 0 Å². The fraction of sp³-hybridized carbons (Fsp3) is 0.286. The Labute approximate surface area is 176 Å². The minimum absolute atomic E-state index is 0.0265. The average molecular weight is 432 g/mol. The zero-order valence-corrected chi connectivity index (χ0v) is 17.3. The number of aromatic nitrogens is 2. The Bertz CT molecular complexity index is 1140. The van der Waals surface area contributed by atoms with E-state index in [4.69, 9.17) is 11.6 Å². The molecule has 1 atom stereocenters. The molecule has 0 spiro atoms. The molecule has 1 aliphatic rings. The Hall–Kier alpha value is -2.38. The summed E-state index contributed by atoms with van der Waals surface area (Å²) in [6.07, 6.45) is 2.02. The molecule has 1 unspecified atom stereocenters. The van der Waals surface area contributed by atoms with E-state index >= 15 is 0 Å². The van der Waals surface area contributed by atoms with Crippen LogP contribution in [0.25, 0.3) is 16.6 Å². The average Bonchev–Trinajstić information content (AvgIpc) is 3.25. The van der Waals surface area contributed by atoms with Crippen molar-refractivity contribution in [3.8, 4) is 5.69 Å². The molecule has 4 rings (SSSR count). The number of thioether (sulfide) groups is 1. The van der Waals surface area contributed by atoms with Crippen molar-refractivity contribution in [3.63, 3.8) is 0 Å². The summed E-state index contributed by atoms with van der Waals surface area (Å²) in [6.45, 7) is 3.33. The molecule has 3 aromatic rings. The summed E-state index contributed by atoms with van der Waals surface area (Å²) in [5.41, 5.74) is 0.662. The van der Waals surface area contributed by atoms with Gasteiger partial charge in [0.2, 0.25) is 5.91 Å². The van der Waals surface area contributed by atoms with Crippen LogP contribution < -0.4 is 5.56 Å². The second kappa shape index (κ2) is 8.16. The van der Waals surface area contributed by atoms with Gasteiger partial charge in [-0.3, -0.25) is 14.2 Å². The highest BCUT2D eigenvalue weighted by molar-refractivity contribution is 8.00. The third kappa shape index (κ3) is 3.89. The van der Waals surface area contributed by atoms with Crippen LogP contribution in [0, 0.1) is 5.82 Å². The molecule has 0 aliphatic carbocycles. The van der Waals surface area contributed by atoms with E-state index in [9.17, 15) is 14.0 Å². The van der Waals surface area contributed by atoms with Crippen LogP contribution in [-0.2, 0) is 4.79 Å². The lowest BCUT2D eigenvalue weighted by Crippen LogP contribution is -2.34. The lowest BCUT2D eigenvalue weighted by atomic mass is 10.2. The first-order valence-electron chi connectivity index (χ1n) is 9.38. The molecule has 1 saturated heterocycles. The maximum atomic E-state index is 13.7. The molecule has 0 radical (unpaired) electrons. The van der Waals surface area contributed by atoms with Crippen LogP contribution in [0.5, 0.6) is 0 Å². The highest BCUT2D eigenvalue weighted by Gasteiger charge is 2.26. The number of carbonyl (C=O) groups excluding carboxylic acids is 1. The van der Waals surface area contributed by atoms with E-state index in [1.165, 1.54) is 34.5 Å². The van der Waals surface area contributed by atoms with Crippen LogP contribution in [0.4, 0.5) is 4.39 Å². The first-order chi connectivity index (χ1) is 14.0. The van der Waals surface area contributed by atoms with Crippen LogP contribution >= 0.6 is 23.4 Å². The Morgan fingerprint density at radius 1 is 1.21 bits per heavy atom. The van der Waals surface area contributed by atoms with Gasteiger partial charge in [0.25, 0.3) is 5.56 Å². The van der Waals surface area contributed by atoms with E-state index in [2.05, 4.69) is 4.98 Å². The summed E-state index contributed by atoms with van der Waals surface area (Å²) in [7, 11) is 0. The number of benzene rings is 2. The van der Waals surface area contributed by atoms with Crippen molar-refractivity contribution in [1.29, 1.82) is 0 Å². The highest BCUT2D eigenvalue weighted by atomic mass is 35.5. The molecule has 150 valence electrons. The Morgan fingerprint density at radius 2 is 1.93 bits per heavy atom. The molecule has 0 N–H and O–H groups in total. The van der Waals surface area contributed by atoms with E-state index in [1.807, 2.05) is 11.8 Å². The molecule has 1 fully saturated rings. The van der Waals surface area contributed by atoms with Crippen LogP contribution in [-0.4, -0.2) is 38.7 Å². The van der Waals surface area contributed by atoms with Gasteiger partial charge in [-0.05, 0) is 50.1 Å². The normalized spacial score (nSPS) is 15.1. The third-order valence-electron chi connectivity index (χ3n) is 4.95. The summed E-state index contributed by atoms with van der Waals surface area (Å²) in [5, 5.41) is 0.315. The first kappa shape index (κ1) is 19.9. The maximum Gasteiger partial charge on any atom is 0.266 e. The van der Waals surface area contributed by atoms with Gasteiger partial charge in [0.05, 0.1) is 26.9 Å². The monoisotopic (exact) mass is 431 g/mol. The lowest BCUT2D eigenvalue weighted by Gasteiger charge is -2.21. The molecule has 1 amide bonds. The van der Waals surface area contributed by atoms with Crippen LogP contribution in [0.2, 0.25) is 5.02 Å². The predicted octanol–water partition coefficient (Wildman–Crippen LogP) is 4.28. The number of amides is 1. The molecule has 29 heavy (non-hydrogen) atoms. The molecule has 5 nitrogen and oxygen atoms in total. The van der Waals surface area contributed by atoms with Gasteiger partial charge in [0.1, 0.15) is 5.82 Å². The second-order valence-electron chi connectivity index (χ2n) is 6.94.